The molecule has 1 amide bonds. The maximum absolute atomic E-state index is 12.1. The smallest absolute Gasteiger partial charge is 0.329 e. The molecule has 2 N–H and O–H groups in total. The van der Waals surface area contributed by atoms with Crippen molar-refractivity contribution in [3.63, 3.8) is 0 Å². The molecule has 1 atom stereocenters. The summed E-state index contributed by atoms with van der Waals surface area (Å²) in [6, 6.07) is -1.01. The molecule has 7 nitrogen and oxygen atoms in total. The molecule has 1 aromatic rings. The zero-order chi connectivity index (χ0) is 15.7. The number of carbonyl (C=O) groups excluding carboxylic acids is 2. The molecule has 0 spiro atoms. The number of nitrogens with one attached hydrogen (secondary N) is 2. The third kappa shape index (κ3) is 3.43. The van der Waals surface area contributed by atoms with Crippen LogP contribution in [0.25, 0.3) is 0 Å². The number of ketones is 1. The molecule has 1 unspecified atom stereocenters. The average Bonchev–Trinajstić information content (AvgIpc) is 2.25. The molecule has 0 bridgehead atoms. The first-order valence-corrected chi connectivity index (χ1v) is 6.22. The van der Waals surface area contributed by atoms with E-state index in [0.29, 0.717) is 0 Å². The minimum absolute atomic E-state index is 0.153. The Morgan fingerprint density at radius 2 is 1.85 bits per heavy atom. The topological polar surface area (TPSA) is 101 Å². The number of amides is 1. The lowest BCUT2D eigenvalue weighted by atomic mass is 10.1. The van der Waals surface area contributed by atoms with Crippen molar-refractivity contribution in [3.8, 4) is 0 Å². The van der Waals surface area contributed by atoms with Crippen molar-refractivity contribution < 1.29 is 9.59 Å². The Labute approximate surface area is 116 Å². The van der Waals surface area contributed by atoms with E-state index in [1.165, 1.54) is 13.8 Å². The highest BCUT2D eigenvalue weighted by atomic mass is 16.2. The highest BCUT2D eigenvalue weighted by Crippen LogP contribution is 2.05. The number of aromatic amines is 1. The van der Waals surface area contributed by atoms with Crippen LogP contribution in [-0.4, -0.2) is 26.8 Å². The summed E-state index contributed by atoms with van der Waals surface area (Å²) in [6.07, 6.45) is 1.07. The molecule has 0 radical (unpaired) electrons. The van der Waals surface area contributed by atoms with Gasteiger partial charge in [-0.25, -0.2) is 9.36 Å². The maximum Gasteiger partial charge on any atom is 0.329 e. The van der Waals surface area contributed by atoms with Crippen LogP contribution in [0.4, 0.5) is 0 Å². The Morgan fingerprint density at radius 3 is 2.30 bits per heavy atom. The summed E-state index contributed by atoms with van der Waals surface area (Å²) in [5.74, 6) is -0.936. The van der Waals surface area contributed by atoms with Gasteiger partial charge in [0.15, 0.2) is 5.78 Å². The molecule has 1 aromatic heterocycles. The van der Waals surface area contributed by atoms with Crippen LogP contribution < -0.4 is 16.6 Å². The molecule has 1 heterocycles. The van der Waals surface area contributed by atoms with Crippen molar-refractivity contribution in [1.82, 2.24) is 14.9 Å². The third-order valence-corrected chi connectivity index (χ3v) is 2.65. The molecule has 0 saturated heterocycles. The first kappa shape index (κ1) is 15.9. The Kier molecular flexibility index (Phi) is 4.32. The predicted octanol–water partition coefficient (Wildman–Crippen LogP) is 0.215. The molecule has 0 aliphatic rings. The predicted molar refractivity (Wildman–Crippen MR) is 73.9 cm³/mol. The number of hydrogen-bond acceptors (Lipinski definition) is 4. The van der Waals surface area contributed by atoms with Crippen molar-refractivity contribution >= 4 is 11.7 Å². The Balaban J connectivity index is 3.30. The number of carbonyl (C=O) groups is 2. The second-order valence-electron chi connectivity index (χ2n) is 5.65. The van der Waals surface area contributed by atoms with Crippen LogP contribution in [0.15, 0.2) is 15.8 Å². The normalized spacial score (nSPS) is 12.8. The van der Waals surface area contributed by atoms with E-state index in [1.54, 1.807) is 20.8 Å². The lowest BCUT2D eigenvalue weighted by Crippen LogP contribution is -2.49. The fourth-order valence-electron chi connectivity index (χ4n) is 1.68. The van der Waals surface area contributed by atoms with E-state index < -0.39 is 34.5 Å². The SMILES string of the molecule is CC(=O)c1c[nH]c(=O)n(C(C)C(=O)NC(C)(C)C)c1=O. The van der Waals surface area contributed by atoms with Crippen molar-refractivity contribution in [1.29, 1.82) is 0 Å². The van der Waals surface area contributed by atoms with Gasteiger partial charge in [0.2, 0.25) is 5.91 Å². The van der Waals surface area contributed by atoms with Crippen LogP contribution in [0.3, 0.4) is 0 Å². The quantitative estimate of drug-likeness (QED) is 0.773. The van der Waals surface area contributed by atoms with E-state index in [0.717, 1.165) is 10.8 Å². The van der Waals surface area contributed by atoms with Gasteiger partial charge in [-0.2, -0.15) is 0 Å². The van der Waals surface area contributed by atoms with Crippen LogP contribution in [0.2, 0.25) is 0 Å². The summed E-state index contributed by atoms with van der Waals surface area (Å²) < 4.78 is 0.748. The zero-order valence-electron chi connectivity index (χ0n) is 12.2. The third-order valence-electron chi connectivity index (χ3n) is 2.65. The van der Waals surface area contributed by atoms with Crippen molar-refractivity contribution in [2.24, 2.45) is 0 Å². The monoisotopic (exact) mass is 281 g/mol. The lowest BCUT2D eigenvalue weighted by molar-refractivity contribution is -0.125. The van der Waals surface area contributed by atoms with Crippen LogP contribution in [-0.2, 0) is 4.79 Å². The molecule has 0 fully saturated rings. The van der Waals surface area contributed by atoms with Gasteiger partial charge in [-0.3, -0.25) is 14.4 Å². The summed E-state index contributed by atoms with van der Waals surface area (Å²) in [4.78, 5) is 49.5. The van der Waals surface area contributed by atoms with Crippen LogP contribution in [0.1, 0.15) is 51.0 Å². The van der Waals surface area contributed by atoms with Crippen LogP contribution in [0.5, 0.6) is 0 Å². The number of Topliss-reactive ketones (excluding diaryl/α,β-unsaturated/α-hetero) is 1. The second kappa shape index (κ2) is 5.44. The molecule has 0 aromatic carbocycles. The van der Waals surface area contributed by atoms with Gasteiger partial charge in [0.1, 0.15) is 6.04 Å². The van der Waals surface area contributed by atoms with Gasteiger partial charge in [0.25, 0.3) is 5.56 Å². The Hall–Kier alpha value is -2.18. The second-order valence-corrected chi connectivity index (χ2v) is 5.65. The average molecular weight is 281 g/mol. The van der Waals surface area contributed by atoms with E-state index in [9.17, 15) is 19.2 Å². The van der Waals surface area contributed by atoms with Gasteiger partial charge in [-0.15, -0.1) is 0 Å². The molecule has 0 saturated carbocycles. The van der Waals surface area contributed by atoms with E-state index in [-0.39, 0.29) is 5.56 Å². The Bertz CT molecular complexity index is 649. The number of nitrogens with zero attached hydrogens (tertiary/aromatic N) is 1. The summed E-state index contributed by atoms with van der Waals surface area (Å²) >= 11 is 0. The highest BCUT2D eigenvalue weighted by Gasteiger charge is 2.24. The molecular formula is C13H19N3O4. The van der Waals surface area contributed by atoms with Crippen LogP contribution >= 0.6 is 0 Å². The summed E-state index contributed by atoms with van der Waals surface area (Å²) in [5, 5.41) is 2.68. The largest absolute Gasteiger partial charge is 0.350 e. The van der Waals surface area contributed by atoms with Gasteiger partial charge in [0.05, 0.1) is 5.56 Å². The minimum atomic E-state index is -1.01. The fraction of sp³-hybridized carbons (Fsp3) is 0.538. The first-order valence-electron chi connectivity index (χ1n) is 6.22. The van der Waals surface area contributed by atoms with Gasteiger partial charge in [-0.1, -0.05) is 0 Å². The molecular weight excluding hydrogens is 262 g/mol. The van der Waals surface area contributed by atoms with Crippen molar-refractivity contribution in [2.45, 2.75) is 46.2 Å². The number of H-pyrrole nitrogens is 1. The number of rotatable bonds is 3. The molecule has 7 heteroatoms. The molecule has 0 aliphatic heterocycles. The van der Waals surface area contributed by atoms with Gasteiger partial charge < -0.3 is 10.3 Å². The van der Waals surface area contributed by atoms with Gasteiger partial charge >= 0.3 is 5.69 Å². The maximum atomic E-state index is 12.1. The van der Waals surface area contributed by atoms with E-state index >= 15 is 0 Å². The minimum Gasteiger partial charge on any atom is -0.350 e. The van der Waals surface area contributed by atoms with E-state index in [4.69, 9.17) is 0 Å². The van der Waals surface area contributed by atoms with Crippen molar-refractivity contribution in [3.05, 3.63) is 32.6 Å². The van der Waals surface area contributed by atoms with E-state index in [2.05, 4.69) is 10.3 Å². The van der Waals surface area contributed by atoms with Gasteiger partial charge in [0, 0.05) is 11.7 Å². The number of aromatic nitrogens is 2. The summed E-state index contributed by atoms with van der Waals surface area (Å²) in [7, 11) is 0. The molecule has 1 rings (SSSR count). The molecule has 110 valence electrons. The van der Waals surface area contributed by atoms with Crippen molar-refractivity contribution in [2.75, 3.05) is 0 Å². The standard InChI is InChI=1S/C13H19N3O4/c1-7(10(18)15-13(3,4)5)16-11(19)9(8(2)17)6-14-12(16)20/h6-7H,1-5H3,(H,14,20)(H,15,18). The molecule has 0 aliphatic carbocycles. The molecule has 20 heavy (non-hydrogen) atoms. The lowest BCUT2D eigenvalue weighted by Gasteiger charge is -2.23. The van der Waals surface area contributed by atoms with Gasteiger partial charge in [-0.05, 0) is 34.6 Å². The fourth-order valence-corrected chi connectivity index (χ4v) is 1.68. The van der Waals surface area contributed by atoms with E-state index in [1.807, 2.05) is 0 Å². The summed E-state index contributed by atoms with van der Waals surface area (Å²) in [5.41, 5.74) is -2.13. The first-order chi connectivity index (χ1) is 9.04. The van der Waals surface area contributed by atoms with Crippen LogP contribution in [0, 0.1) is 0 Å². The Morgan fingerprint density at radius 1 is 1.30 bits per heavy atom. The highest BCUT2D eigenvalue weighted by molar-refractivity contribution is 5.93. The zero-order valence-corrected chi connectivity index (χ0v) is 12.2. The number of hydrogen-bond donors (Lipinski definition) is 2. The summed E-state index contributed by atoms with van der Waals surface area (Å²) in [6.45, 7) is 8.02.